The first-order chi connectivity index (χ1) is 14.3. The minimum atomic E-state index is -0.125. The van der Waals surface area contributed by atoms with E-state index in [0.717, 1.165) is 11.3 Å². The Morgan fingerprint density at radius 3 is 2.32 bits per heavy atom. The minimum absolute atomic E-state index is 0. The van der Waals surface area contributed by atoms with Gasteiger partial charge in [0.1, 0.15) is 0 Å². The molecule has 2 aromatic carbocycles. The Morgan fingerprint density at radius 2 is 1.77 bits per heavy atom. The van der Waals surface area contributed by atoms with Gasteiger partial charge in [0, 0.05) is 37.3 Å². The Kier molecular flexibility index (Phi) is 8.87. The van der Waals surface area contributed by atoms with Gasteiger partial charge >= 0.3 is 0 Å². The molecule has 5 heteroatoms. The first-order valence-electron chi connectivity index (χ1n) is 9.66. The average Bonchev–Trinajstić information content (AvgIpc) is 3.10. The number of thiophene rings is 1. The maximum Gasteiger partial charge on any atom is 0.155 e. The van der Waals surface area contributed by atoms with E-state index >= 15 is 0 Å². The third-order valence-electron chi connectivity index (χ3n) is 4.53. The molecule has 2 heterocycles. The zero-order valence-electron chi connectivity index (χ0n) is 17.9. The molecule has 2 aromatic heterocycles. The Labute approximate surface area is 200 Å². The van der Waals surface area contributed by atoms with Crippen molar-refractivity contribution in [3.63, 3.8) is 0 Å². The van der Waals surface area contributed by atoms with E-state index < -0.39 is 0 Å². The summed E-state index contributed by atoms with van der Waals surface area (Å²) in [7, 11) is 0. The van der Waals surface area contributed by atoms with Gasteiger partial charge in [-0.2, -0.15) is 0 Å². The molecule has 1 N–H and O–H groups in total. The molecule has 0 aliphatic rings. The van der Waals surface area contributed by atoms with Gasteiger partial charge in [-0.3, -0.25) is 4.79 Å². The van der Waals surface area contributed by atoms with Crippen molar-refractivity contribution in [2.45, 2.75) is 27.7 Å². The van der Waals surface area contributed by atoms with Crippen LogP contribution in [0, 0.1) is 19.9 Å². The van der Waals surface area contributed by atoms with Gasteiger partial charge in [-0.15, -0.1) is 47.2 Å². The number of allylic oxidation sites excluding steroid dienone is 2. The number of aliphatic hydroxyl groups is 1. The fraction of sp³-hybridized carbons (Fsp3) is 0.154. The minimum Gasteiger partial charge on any atom is -0.512 e. The SMILES string of the molecule is CC(=O)/C=C(/C)O.Cc1cccc(C)c1-c1cc2cc(-c3[c-]cccc3)ncc2s1.[Ir]. The van der Waals surface area contributed by atoms with Gasteiger partial charge in [0.25, 0.3) is 0 Å². The predicted molar refractivity (Wildman–Crippen MR) is 126 cm³/mol. The number of fused-ring (bicyclic) bond motifs is 1. The van der Waals surface area contributed by atoms with E-state index in [-0.39, 0.29) is 31.6 Å². The van der Waals surface area contributed by atoms with Gasteiger partial charge < -0.3 is 10.1 Å². The molecule has 0 atom stereocenters. The van der Waals surface area contributed by atoms with Crippen LogP contribution in [-0.2, 0) is 24.9 Å². The van der Waals surface area contributed by atoms with Crippen LogP contribution in [0.2, 0.25) is 0 Å². The van der Waals surface area contributed by atoms with Crippen LogP contribution < -0.4 is 0 Å². The van der Waals surface area contributed by atoms with E-state index in [1.807, 2.05) is 41.8 Å². The molecule has 0 spiro atoms. The summed E-state index contributed by atoms with van der Waals surface area (Å²) in [6.07, 6.45) is 3.15. The van der Waals surface area contributed by atoms with Crippen LogP contribution in [0.1, 0.15) is 25.0 Å². The van der Waals surface area contributed by atoms with Gasteiger partial charge in [-0.05, 0) is 61.5 Å². The van der Waals surface area contributed by atoms with Gasteiger partial charge in [-0.25, -0.2) is 0 Å². The van der Waals surface area contributed by atoms with Crippen LogP contribution in [0.5, 0.6) is 0 Å². The number of hydrogen-bond donors (Lipinski definition) is 1. The van der Waals surface area contributed by atoms with E-state index in [1.54, 1.807) is 0 Å². The second-order valence-corrected chi connectivity index (χ2v) is 8.24. The molecule has 0 saturated heterocycles. The summed E-state index contributed by atoms with van der Waals surface area (Å²) < 4.78 is 1.22. The van der Waals surface area contributed by atoms with Crippen molar-refractivity contribution < 1.29 is 30.0 Å². The number of rotatable bonds is 3. The molecule has 3 nitrogen and oxygen atoms in total. The van der Waals surface area contributed by atoms with Crippen molar-refractivity contribution in [2.24, 2.45) is 0 Å². The average molecular weight is 607 g/mol. The molecule has 161 valence electrons. The van der Waals surface area contributed by atoms with Crippen LogP contribution in [0.15, 0.2) is 72.6 Å². The van der Waals surface area contributed by atoms with Crippen LogP contribution in [0.3, 0.4) is 0 Å². The molecule has 0 amide bonds. The van der Waals surface area contributed by atoms with Gasteiger partial charge in [0.05, 0.1) is 10.5 Å². The van der Waals surface area contributed by atoms with E-state index in [2.05, 4.69) is 55.2 Å². The Balaban J connectivity index is 0.000000373. The third-order valence-corrected chi connectivity index (χ3v) is 5.63. The zero-order valence-corrected chi connectivity index (χ0v) is 21.1. The monoisotopic (exact) mass is 607 g/mol. The van der Waals surface area contributed by atoms with Gasteiger partial charge in [0.2, 0.25) is 0 Å². The normalized spacial score (nSPS) is 10.8. The molecule has 0 saturated carbocycles. The second-order valence-electron chi connectivity index (χ2n) is 7.16. The largest absolute Gasteiger partial charge is 0.512 e. The summed E-state index contributed by atoms with van der Waals surface area (Å²) in [6, 6.07) is 22.1. The molecular weight excluding hydrogens is 583 g/mol. The number of carbonyl (C=O) groups is 1. The Morgan fingerprint density at radius 1 is 1.06 bits per heavy atom. The Hall–Kier alpha value is -2.59. The summed E-state index contributed by atoms with van der Waals surface area (Å²) >= 11 is 1.81. The standard InChI is InChI=1S/C21H16NS.C5H8O2.Ir/c1-14-7-6-8-15(2)21(14)19-12-17-11-18(22-13-20(17)23-19)16-9-4-3-5-10-16;1-4(6)3-5(2)7;/h3-9,11-13H,1-2H3;3,6H,1-2H3;/q-1;;/b;4-3-;. The number of aryl methyl sites for hydroxylation is 2. The third kappa shape index (κ3) is 6.44. The van der Waals surface area contributed by atoms with Gasteiger partial charge in [0.15, 0.2) is 5.78 Å². The van der Waals surface area contributed by atoms with E-state index in [9.17, 15) is 4.79 Å². The smallest absolute Gasteiger partial charge is 0.155 e. The number of aromatic nitrogens is 1. The fourth-order valence-electron chi connectivity index (χ4n) is 3.27. The van der Waals surface area contributed by atoms with Crippen molar-refractivity contribution in [3.05, 3.63) is 89.8 Å². The zero-order chi connectivity index (χ0) is 21.7. The fourth-order valence-corrected chi connectivity index (χ4v) is 4.45. The van der Waals surface area contributed by atoms with Crippen molar-refractivity contribution in [1.29, 1.82) is 0 Å². The second kappa shape index (κ2) is 11.1. The van der Waals surface area contributed by atoms with Crippen LogP contribution in [0.25, 0.3) is 31.8 Å². The van der Waals surface area contributed by atoms with E-state index in [1.165, 1.54) is 51.6 Å². The summed E-state index contributed by atoms with van der Waals surface area (Å²) in [5.41, 5.74) is 6.00. The molecule has 0 unspecified atom stereocenters. The molecule has 0 bridgehead atoms. The molecule has 4 aromatic rings. The van der Waals surface area contributed by atoms with Gasteiger partial charge in [-0.1, -0.05) is 24.3 Å². The number of ketones is 1. The maximum atomic E-state index is 10.0. The summed E-state index contributed by atoms with van der Waals surface area (Å²) in [5, 5.41) is 9.61. The number of aliphatic hydroxyl groups excluding tert-OH is 1. The predicted octanol–water partition coefficient (Wildman–Crippen LogP) is 7.08. The number of pyridine rings is 1. The van der Waals surface area contributed by atoms with Crippen molar-refractivity contribution >= 4 is 27.2 Å². The molecule has 31 heavy (non-hydrogen) atoms. The molecule has 1 radical (unpaired) electrons. The maximum absolute atomic E-state index is 10.0. The van der Waals surface area contributed by atoms with E-state index in [4.69, 9.17) is 5.11 Å². The molecule has 0 aliphatic heterocycles. The number of hydrogen-bond acceptors (Lipinski definition) is 4. The molecule has 0 aliphatic carbocycles. The summed E-state index contributed by atoms with van der Waals surface area (Å²) in [6.45, 7) is 7.20. The number of nitrogens with zero attached hydrogens (tertiary/aromatic N) is 1. The first kappa shape index (κ1) is 24.7. The first-order valence-corrected chi connectivity index (χ1v) is 10.5. The van der Waals surface area contributed by atoms with E-state index in [0.29, 0.717) is 0 Å². The van der Waals surface area contributed by atoms with Crippen LogP contribution >= 0.6 is 11.3 Å². The number of carbonyl (C=O) groups excluding carboxylic acids is 1. The molecule has 0 fully saturated rings. The quantitative estimate of drug-likeness (QED) is 0.154. The van der Waals surface area contributed by atoms with Crippen molar-refractivity contribution in [2.75, 3.05) is 0 Å². The summed E-state index contributed by atoms with van der Waals surface area (Å²) in [4.78, 5) is 15.9. The summed E-state index contributed by atoms with van der Waals surface area (Å²) in [5.74, 6) is -0.0625. The topological polar surface area (TPSA) is 50.2 Å². The van der Waals surface area contributed by atoms with Crippen molar-refractivity contribution in [1.82, 2.24) is 4.98 Å². The molecular formula is C26H24IrNO2S-. The van der Waals surface area contributed by atoms with Crippen LogP contribution in [0.4, 0.5) is 0 Å². The molecule has 4 rings (SSSR count). The Bertz CT molecular complexity index is 1190. The van der Waals surface area contributed by atoms with Crippen molar-refractivity contribution in [3.8, 4) is 21.7 Å². The number of benzene rings is 2. The van der Waals surface area contributed by atoms with Crippen LogP contribution in [-0.4, -0.2) is 15.9 Å².